The van der Waals surface area contributed by atoms with E-state index >= 15 is 0 Å². The molecule has 0 spiro atoms. The molecule has 1 heteroatoms. The van der Waals surface area contributed by atoms with Crippen LogP contribution in [0.4, 0.5) is 0 Å². The van der Waals surface area contributed by atoms with Gasteiger partial charge in [-0.15, -0.1) is 0 Å². The Bertz CT molecular complexity index is 528. The second-order valence-corrected chi connectivity index (χ2v) is 5.03. The van der Waals surface area contributed by atoms with Gasteiger partial charge in [-0.3, -0.25) is 0 Å². The average molecular weight is 211 g/mol. The second-order valence-electron chi connectivity index (χ2n) is 5.03. The van der Waals surface area contributed by atoms with Gasteiger partial charge in [0.1, 0.15) is 0 Å². The van der Waals surface area contributed by atoms with Crippen LogP contribution in [0.1, 0.15) is 18.9 Å². The van der Waals surface area contributed by atoms with Gasteiger partial charge in [-0.05, 0) is 28.7 Å². The highest BCUT2D eigenvalue weighted by Gasteiger charge is 2.50. The van der Waals surface area contributed by atoms with E-state index in [2.05, 4.69) is 49.4 Å². The van der Waals surface area contributed by atoms with E-state index in [0.29, 0.717) is 0 Å². The van der Waals surface area contributed by atoms with Crippen molar-refractivity contribution in [2.45, 2.75) is 18.8 Å². The van der Waals surface area contributed by atoms with Crippen LogP contribution in [0.5, 0.6) is 0 Å². The Kier molecular flexibility index (Phi) is 2.05. The van der Waals surface area contributed by atoms with Gasteiger partial charge >= 0.3 is 0 Å². The molecule has 82 valence electrons. The maximum Gasteiger partial charge on any atom is 0.0104 e. The highest BCUT2D eigenvalue weighted by Crippen LogP contribution is 2.53. The Balaban J connectivity index is 2.12. The highest BCUT2D eigenvalue weighted by molar-refractivity contribution is 5.83. The third-order valence-corrected chi connectivity index (χ3v) is 4.14. The van der Waals surface area contributed by atoms with Crippen LogP contribution in [0.3, 0.4) is 0 Å². The van der Waals surface area contributed by atoms with E-state index in [1.54, 1.807) is 0 Å². The summed E-state index contributed by atoms with van der Waals surface area (Å²) in [5, 5.41) is 2.64. The van der Waals surface area contributed by atoms with E-state index < -0.39 is 0 Å². The Morgan fingerprint density at radius 1 is 1.19 bits per heavy atom. The van der Waals surface area contributed by atoms with E-state index in [1.807, 2.05) is 0 Å². The van der Waals surface area contributed by atoms with Crippen LogP contribution in [0.25, 0.3) is 10.8 Å². The third-order valence-electron chi connectivity index (χ3n) is 4.14. The average Bonchev–Trinajstić information content (AvgIpc) is 3.01. The number of nitrogens with two attached hydrogens (primary N) is 1. The van der Waals surface area contributed by atoms with E-state index in [-0.39, 0.29) is 5.41 Å². The summed E-state index contributed by atoms with van der Waals surface area (Å²) in [5.41, 5.74) is 7.62. The minimum Gasteiger partial charge on any atom is -0.330 e. The number of hydrogen-bond acceptors (Lipinski definition) is 1. The normalized spacial score (nSPS) is 28.2. The molecule has 1 nitrogen and oxygen atoms in total. The van der Waals surface area contributed by atoms with E-state index in [4.69, 9.17) is 5.73 Å². The van der Waals surface area contributed by atoms with Crippen LogP contribution in [-0.2, 0) is 5.41 Å². The molecule has 0 saturated heterocycles. The lowest BCUT2D eigenvalue weighted by Crippen LogP contribution is -2.21. The first-order chi connectivity index (χ1) is 7.76. The fourth-order valence-electron chi connectivity index (χ4n) is 2.79. The van der Waals surface area contributed by atoms with Gasteiger partial charge in [-0.2, -0.15) is 0 Å². The van der Waals surface area contributed by atoms with E-state index in [1.165, 1.54) is 22.8 Å². The zero-order valence-corrected chi connectivity index (χ0v) is 9.61. The monoisotopic (exact) mass is 211 g/mol. The topological polar surface area (TPSA) is 26.0 Å². The summed E-state index contributed by atoms with van der Waals surface area (Å²) < 4.78 is 0. The van der Waals surface area contributed by atoms with Gasteiger partial charge in [0.2, 0.25) is 0 Å². The molecule has 1 aliphatic rings. The first-order valence-corrected chi connectivity index (χ1v) is 5.96. The molecule has 2 N–H and O–H groups in total. The van der Waals surface area contributed by atoms with Crippen LogP contribution in [0, 0.1) is 5.92 Å². The van der Waals surface area contributed by atoms with Gasteiger partial charge in [0.05, 0.1) is 0 Å². The zero-order chi connectivity index (χ0) is 11.2. The smallest absolute Gasteiger partial charge is 0.0104 e. The number of hydrogen-bond donors (Lipinski definition) is 1. The Hall–Kier alpha value is -1.34. The van der Waals surface area contributed by atoms with Crippen molar-refractivity contribution in [2.75, 3.05) is 6.54 Å². The van der Waals surface area contributed by atoms with Crippen molar-refractivity contribution in [3.05, 3.63) is 48.0 Å². The molecule has 0 amide bonds. The quantitative estimate of drug-likeness (QED) is 0.811. The van der Waals surface area contributed by atoms with Gasteiger partial charge < -0.3 is 5.73 Å². The fraction of sp³-hybridized carbons (Fsp3) is 0.333. The number of fused-ring (bicyclic) bond motifs is 1. The Morgan fingerprint density at radius 3 is 2.50 bits per heavy atom. The summed E-state index contributed by atoms with van der Waals surface area (Å²) in [4.78, 5) is 0. The van der Waals surface area contributed by atoms with Gasteiger partial charge in [0, 0.05) is 12.0 Å². The van der Waals surface area contributed by atoms with Crippen molar-refractivity contribution in [1.29, 1.82) is 0 Å². The standard InChI is InChI=1S/C15H17N/c1-11-9-15(11,10-16)14-7-6-12-4-2-3-5-13(12)8-14/h2-8,11H,9-10,16H2,1H3/t11-,15+/m0/s1. The van der Waals surface area contributed by atoms with Gasteiger partial charge in [0.15, 0.2) is 0 Å². The maximum atomic E-state index is 5.94. The molecular formula is C15H17N. The van der Waals surface area contributed by atoms with Crippen molar-refractivity contribution in [3.8, 4) is 0 Å². The van der Waals surface area contributed by atoms with E-state index in [9.17, 15) is 0 Å². The lowest BCUT2D eigenvalue weighted by Gasteiger charge is -2.15. The summed E-state index contributed by atoms with van der Waals surface area (Å²) in [6, 6.07) is 15.3. The van der Waals surface area contributed by atoms with Crippen LogP contribution in [0.15, 0.2) is 42.5 Å². The molecule has 0 unspecified atom stereocenters. The minimum absolute atomic E-state index is 0.268. The molecule has 0 aliphatic heterocycles. The minimum atomic E-state index is 0.268. The van der Waals surface area contributed by atoms with Crippen molar-refractivity contribution in [1.82, 2.24) is 0 Å². The summed E-state index contributed by atoms with van der Waals surface area (Å²) in [5.74, 6) is 0.735. The lowest BCUT2D eigenvalue weighted by atomic mass is 9.92. The molecular weight excluding hydrogens is 194 g/mol. The molecule has 0 bridgehead atoms. The predicted octanol–water partition coefficient (Wildman–Crippen LogP) is 3.08. The van der Waals surface area contributed by atoms with Crippen molar-refractivity contribution < 1.29 is 0 Å². The summed E-state index contributed by atoms with van der Waals surface area (Å²) in [6.07, 6.45) is 1.24. The summed E-state index contributed by atoms with van der Waals surface area (Å²) >= 11 is 0. The first kappa shape index (κ1) is 9.86. The van der Waals surface area contributed by atoms with Crippen LogP contribution >= 0.6 is 0 Å². The first-order valence-electron chi connectivity index (χ1n) is 5.96. The third kappa shape index (κ3) is 1.28. The second kappa shape index (κ2) is 3.33. The maximum absolute atomic E-state index is 5.94. The van der Waals surface area contributed by atoms with Gasteiger partial charge in [0.25, 0.3) is 0 Å². The molecule has 0 radical (unpaired) electrons. The molecule has 1 saturated carbocycles. The molecule has 1 aliphatic carbocycles. The summed E-state index contributed by atoms with van der Waals surface area (Å²) in [6.45, 7) is 3.06. The van der Waals surface area contributed by atoms with Gasteiger partial charge in [-0.1, -0.05) is 49.4 Å². The Morgan fingerprint density at radius 2 is 1.88 bits per heavy atom. The van der Waals surface area contributed by atoms with Gasteiger partial charge in [-0.25, -0.2) is 0 Å². The zero-order valence-electron chi connectivity index (χ0n) is 9.61. The van der Waals surface area contributed by atoms with Crippen molar-refractivity contribution in [3.63, 3.8) is 0 Å². The Labute approximate surface area is 96.3 Å². The number of rotatable bonds is 2. The van der Waals surface area contributed by atoms with Crippen LogP contribution in [-0.4, -0.2) is 6.54 Å². The lowest BCUT2D eigenvalue weighted by molar-refractivity contribution is 0.642. The molecule has 16 heavy (non-hydrogen) atoms. The molecule has 3 rings (SSSR count). The molecule has 2 aromatic rings. The molecule has 2 aromatic carbocycles. The number of benzene rings is 2. The fourth-order valence-corrected chi connectivity index (χ4v) is 2.79. The molecule has 1 fully saturated rings. The SMILES string of the molecule is C[C@H]1C[C@]1(CN)c1ccc2ccccc2c1. The predicted molar refractivity (Wildman–Crippen MR) is 68.5 cm³/mol. The van der Waals surface area contributed by atoms with E-state index in [0.717, 1.165) is 12.5 Å². The highest BCUT2D eigenvalue weighted by atomic mass is 14.7. The molecule has 2 atom stereocenters. The van der Waals surface area contributed by atoms with Crippen molar-refractivity contribution in [2.24, 2.45) is 11.7 Å². The van der Waals surface area contributed by atoms with Crippen molar-refractivity contribution >= 4 is 10.8 Å². The molecule has 0 aromatic heterocycles. The summed E-state index contributed by atoms with van der Waals surface area (Å²) in [7, 11) is 0. The largest absolute Gasteiger partial charge is 0.330 e. The van der Waals surface area contributed by atoms with Crippen LogP contribution in [0.2, 0.25) is 0 Å². The van der Waals surface area contributed by atoms with Crippen LogP contribution < -0.4 is 5.73 Å². The molecule has 0 heterocycles.